The summed E-state index contributed by atoms with van der Waals surface area (Å²) in [5.41, 5.74) is 2.56. The van der Waals surface area contributed by atoms with Crippen LogP contribution in [0.25, 0.3) is 28.5 Å². The molecule has 22 heavy (non-hydrogen) atoms. The van der Waals surface area contributed by atoms with Crippen molar-refractivity contribution in [2.75, 3.05) is 0 Å². The molecule has 0 spiro atoms. The van der Waals surface area contributed by atoms with Crippen molar-refractivity contribution in [3.63, 3.8) is 0 Å². The number of fused-ring (bicyclic) bond motifs is 1. The third kappa shape index (κ3) is 2.07. The molecule has 0 saturated heterocycles. The van der Waals surface area contributed by atoms with Crippen LogP contribution < -0.4 is 0 Å². The highest BCUT2D eigenvalue weighted by Gasteiger charge is 2.15. The van der Waals surface area contributed by atoms with Crippen LogP contribution in [0.4, 0.5) is 0 Å². The highest BCUT2D eigenvalue weighted by Crippen LogP contribution is 2.23. The van der Waals surface area contributed by atoms with E-state index in [1.807, 2.05) is 54.9 Å². The first-order chi connectivity index (χ1) is 10.7. The van der Waals surface area contributed by atoms with Crippen LogP contribution in [0.1, 0.15) is 19.9 Å². The molecule has 0 atom stereocenters. The van der Waals surface area contributed by atoms with Crippen molar-refractivity contribution in [2.24, 2.45) is 0 Å². The fourth-order valence-corrected chi connectivity index (χ4v) is 2.25. The van der Waals surface area contributed by atoms with Gasteiger partial charge in [0.1, 0.15) is 0 Å². The summed E-state index contributed by atoms with van der Waals surface area (Å²) in [5, 5.41) is 12.6. The van der Waals surface area contributed by atoms with Crippen molar-refractivity contribution < 1.29 is 4.52 Å². The Labute approximate surface area is 126 Å². The summed E-state index contributed by atoms with van der Waals surface area (Å²) in [7, 11) is 0. The topological polar surface area (TPSA) is 74.0 Å². The van der Waals surface area contributed by atoms with E-state index in [9.17, 15) is 0 Å². The molecule has 7 heteroatoms. The van der Waals surface area contributed by atoms with Crippen LogP contribution in [0.5, 0.6) is 0 Å². The summed E-state index contributed by atoms with van der Waals surface area (Å²) >= 11 is 0. The van der Waals surface area contributed by atoms with Gasteiger partial charge in [-0.15, -0.1) is 5.10 Å². The lowest BCUT2D eigenvalue weighted by Gasteiger charge is -2.00. The summed E-state index contributed by atoms with van der Waals surface area (Å²) in [6, 6.07) is 8.19. The van der Waals surface area contributed by atoms with Crippen molar-refractivity contribution in [1.82, 2.24) is 29.5 Å². The lowest BCUT2D eigenvalue weighted by Crippen LogP contribution is -2.04. The van der Waals surface area contributed by atoms with E-state index in [2.05, 4.69) is 20.3 Å². The van der Waals surface area contributed by atoms with Crippen molar-refractivity contribution in [1.29, 1.82) is 0 Å². The SMILES string of the molecule is CC(C)n1ncc(-c2nc(-c3cc4ccccn4c3)no2)n1. The Kier molecular flexibility index (Phi) is 2.78. The Morgan fingerprint density at radius 2 is 2.14 bits per heavy atom. The van der Waals surface area contributed by atoms with Gasteiger partial charge in [0.2, 0.25) is 5.82 Å². The molecule has 110 valence electrons. The Morgan fingerprint density at radius 3 is 2.91 bits per heavy atom. The minimum Gasteiger partial charge on any atom is -0.332 e. The van der Waals surface area contributed by atoms with E-state index < -0.39 is 0 Å². The van der Waals surface area contributed by atoms with Gasteiger partial charge in [0, 0.05) is 23.5 Å². The minimum absolute atomic E-state index is 0.188. The second kappa shape index (κ2) is 4.80. The van der Waals surface area contributed by atoms with Crippen LogP contribution in [0.15, 0.2) is 47.4 Å². The van der Waals surface area contributed by atoms with Crippen molar-refractivity contribution in [3.8, 4) is 23.0 Å². The van der Waals surface area contributed by atoms with Gasteiger partial charge in [-0.2, -0.15) is 14.9 Å². The first kappa shape index (κ1) is 12.8. The predicted molar refractivity (Wildman–Crippen MR) is 80.1 cm³/mol. The van der Waals surface area contributed by atoms with Crippen molar-refractivity contribution in [3.05, 3.63) is 42.9 Å². The zero-order valence-electron chi connectivity index (χ0n) is 12.2. The van der Waals surface area contributed by atoms with Crippen LogP contribution in [-0.4, -0.2) is 29.5 Å². The molecule has 0 unspecified atom stereocenters. The Balaban J connectivity index is 1.70. The summed E-state index contributed by atoms with van der Waals surface area (Å²) in [6.07, 6.45) is 5.58. The summed E-state index contributed by atoms with van der Waals surface area (Å²) < 4.78 is 7.32. The molecule has 0 N–H and O–H groups in total. The van der Waals surface area contributed by atoms with Gasteiger partial charge in [0.15, 0.2) is 5.69 Å². The molecule has 0 radical (unpaired) electrons. The predicted octanol–water partition coefficient (Wildman–Crippen LogP) is 2.83. The molecule has 7 nitrogen and oxygen atoms in total. The van der Waals surface area contributed by atoms with E-state index in [0.717, 1.165) is 11.1 Å². The highest BCUT2D eigenvalue weighted by molar-refractivity contribution is 5.66. The molecular formula is C15H14N6O. The van der Waals surface area contributed by atoms with Crippen LogP contribution >= 0.6 is 0 Å². The molecule has 0 fully saturated rings. The van der Waals surface area contributed by atoms with Gasteiger partial charge in [-0.1, -0.05) is 11.2 Å². The zero-order valence-corrected chi connectivity index (χ0v) is 12.2. The van der Waals surface area contributed by atoms with E-state index in [1.54, 1.807) is 11.0 Å². The lowest BCUT2D eigenvalue weighted by atomic mass is 10.3. The van der Waals surface area contributed by atoms with E-state index in [1.165, 1.54) is 0 Å². The van der Waals surface area contributed by atoms with Gasteiger partial charge in [-0.25, -0.2) is 0 Å². The first-order valence-corrected chi connectivity index (χ1v) is 7.04. The van der Waals surface area contributed by atoms with Crippen LogP contribution in [0.2, 0.25) is 0 Å². The minimum atomic E-state index is 0.188. The largest absolute Gasteiger partial charge is 0.332 e. The van der Waals surface area contributed by atoms with Gasteiger partial charge < -0.3 is 8.92 Å². The number of aromatic nitrogens is 6. The average molecular weight is 294 g/mol. The Hall–Kier alpha value is -2.96. The van der Waals surface area contributed by atoms with Crippen molar-refractivity contribution in [2.45, 2.75) is 19.9 Å². The maximum atomic E-state index is 5.31. The molecule has 0 aliphatic carbocycles. The molecule has 4 rings (SSSR count). The maximum absolute atomic E-state index is 5.31. The number of nitrogens with zero attached hydrogens (tertiary/aromatic N) is 6. The second-order valence-electron chi connectivity index (χ2n) is 5.33. The monoisotopic (exact) mass is 294 g/mol. The summed E-state index contributed by atoms with van der Waals surface area (Å²) in [6.45, 7) is 4.02. The van der Waals surface area contributed by atoms with Crippen molar-refractivity contribution >= 4 is 5.52 Å². The normalized spacial score (nSPS) is 11.6. The third-order valence-corrected chi connectivity index (χ3v) is 3.38. The molecule has 0 bridgehead atoms. The molecule has 4 aromatic rings. The fraction of sp³-hybridized carbons (Fsp3) is 0.200. The molecule has 4 heterocycles. The van der Waals surface area contributed by atoms with E-state index in [0.29, 0.717) is 17.4 Å². The first-order valence-electron chi connectivity index (χ1n) is 7.04. The van der Waals surface area contributed by atoms with Gasteiger partial charge in [0.25, 0.3) is 5.89 Å². The molecule has 0 aromatic carbocycles. The third-order valence-electron chi connectivity index (χ3n) is 3.38. The smallest absolute Gasteiger partial charge is 0.280 e. The summed E-state index contributed by atoms with van der Waals surface area (Å²) in [4.78, 5) is 6.03. The maximum Gasteiger partial charge on any atom is 0.280 e. The average Bonchev–Trinajstić information content (AvgIpc) is 3.24. The Morgan fingerprint density at radius 1 is 1.23 bits per heavy atom. The molecule has 0 amide bonds. The molecule has 0 saturated carbocycles. The van der Waals surface area contributed by atoms with Gasteiger partial charge in [-0.3, -0.25) is 0 Å². The number of hydrogen-bond donors (Lipinski definition) is 0. The highest BCUT2D eigenvalue weighted by atomic mass is 16.5. The number of pyridine rings is 1. The van der Waals surface area contributed by atoms with Crippen LogP contribution in [0.3, 0.4) is 0 Å². The fourth-order valence-electron chi connectivity index (χ4n) is 2.25. The lowest BCUT2D eigenvalue weighted by molar-refractivity contribution is 0.427. The molecule has 0 aliphatic rings. The Bertz CT molecular complexity index is 899. The quantitative estimate of drug-likeness (QED) is 0.581. The van der Waals surface area contributed by atoms with E-state index in [-0.39, 0.29) is 6.04 Å². The number of rotatable bonds is 3. The van der Waals surface area contributed by atoms with Gasteiger partial charge >= 0.3 is 0 Å². The van der Waals surface area contributed by atoms with E-state index in [4.69, 9.17) is 4.52 Å². The summed E-state index contributed by atoms with van der Waals surface area (Å²) in [5.74, 6) is 0.912. The second-order valence-corrected chi connectivity index (χ2v) is 5.33. The number of hydrogen-bond acceptors (Lipinski definition) is 5. The molecule has 0 aliphatic heterocycles. The molecule has 4 aromatic heterocycles. The zero-order chi connectivity index (χ0) is 15.1. The van der Waals surface area contributed by atoms with E-state index >= 15 is 0 Å². The van der Waals surface area contributed by atoms with Crippen LogP contribution in [-0.2, 0) is 0 Å². The molecular weight excluding hydrogens is 280 g/mol. The van der Waals surface area contributed by atoms with Crippen LogP contribution in [0, 0.1) is 0 Å². The van der Waals surface area contributed by atoms with Gasteiger partial charge in [0.05, 0.1) is 12.2 Å². The van der Waals surface area contributed by atoms with Gasteiger partial charge in [-0.05, 0) is 32.0 Å². The standard InChI is InChI=1S/C15H14N6O/c1-10(2)21-16-8-13(18-21)15-17-14(19-22-15)11-7-12-5-3-4-6-20(12)9-11/h3-10H,1-2H3.